The minimum absolute atomic E-state index is 0.204. The number of hydrogen-bond donors (Lipinski definition) is 0. The standard InChI is InChI=1S/C29H23FN5O2/c1-18-17-36-28(33-18)25-14-22(10-11-32-25)37-21-8-9-23(24(30)13-21)26-15-27(29(2,3)4)34-35(26)20-7-5-6-19(12-20)16-31/h5-12,14-15,17H,1-4H3. The molecule has 0 unspecified atom stereocenters. The summed E-state index contributed by atoms with van der Waals surface area (Å²) < 4.78 is 28.4. The first-order chi connectivity index (χ1) is 17.7. The lowest BCUT2D eigenvalue weighted by atomic mass is 9.92. The second kappa shape index (κ2) is 9.36. The summed E-state index contributed by atoms with van der Waals surface area (Å²) in [4.78, 5) is 8.53. The molecule has 0 N–H and O–H groups in total. The van der Waals surface area contributed by atoms with Crippen LogP contribution in [0.15, 0.2) is 71.5 Å². The van der Waals surface area contributed by atoms with E-state index in [4.69, 9.17) is 14.3 Å². The minimum Gasteiger partial charge on any atom is -0.456 e. The summed E-state index contributed by atoms with van der Waals surface area (Å²) in [5.74, 6) is 0.429. The summed E-state index contributed by atoms with van der Waals surface area (Å²) in [6, 6.07) is 20.3. The zero-order valence-corrected chi connectivity index (χ0v) is 20.8. The molecular formula is C29H23FN5O2. The van der Waals surface area contributed by atoms with Crippen molar-refractivity contribution in [2.45, 2.75) is 33.1 Å². The lowest BCUT2D eigenvalue weighted by Crippen LogP contribution is -2.12. The van der Waals surface area contributed by atoms with Crippen molar-refractivity contribution in [1.29, 1.82) is 5.26 Å². The zero-order valence-electron chi connectivity index (χ0n) is 20.8. The number of rotatable bonds is 5. The van der Waals surface area contributed by atoms with E-state index in [1.54, 1.807) is 59.6 Å². The van der Waals surface area contributed by atoms with Crippen molar-refractivity contribution in [2.75, 3.05) is 0 Å². The summed E-state index contributed by atoms with van der Waals surface area (Å²) in [7, 11) is 0. The van der Waals surface area contributed by atoms with Gasteiger partial charge in [-0.15, -0.1) is 0 Å². The normalized spacial score (nSPS) is 11.4. The van der Waals surface area contributed by atoms with Crippen molar-refractivity contribution >= 4 is 0 Å². The van der Waals surface area contributed by atoms with Crippen LogP contribution in [0.5, 0.6) is 11.5 Å². The Kier molecular flexibility index (Phi) is 6.06. The Hall–Kier alpha value is -4.77. The minimum atomic E-state index is -0.590. The number of aryl methyl sites for hydroxylation is 1. The molecule has 0 aliphatic carbocycles. The van der Waals surface area contributed by atoms with Crippen LogP contribution in [0.1, 0.15) is 37.7 Å². The molecule has 0 aliphatic heterocycles. The first kappa shape index (κ1) is 23.9. The summed E-state index contributed by atoms with van der Waals surface area (Å²) in [5, 5.41) is 14.1. The van der Waals surface area contributed by atoms with Crippen LogP contribution in [-0.4, -0.2) is 19.7 Å². The quantitative estimate of drug-likeness (QED) is 0.268. The molecule has 8 heteroatoms. The maximum atomic E-state index is 15.5. The number of benzene rings is 2. The Balaban J connectivity index is 1.50. The molecule has 7 nitrogen and oxygen atoms in total. The largest absolute Gasteiger partial charge is 0.456 e. The van der Waals surface area contributed by atoms with E-state index in [0.29, 0.717) is 39.8 Å². The van der Waals surface area contributed by atoms with Gasteiger partial charge in [0.15, 0.2) is 0 Å². The van der Waals surface area contributed by atoms with Gasteiger partial charge in [0.1, 0.15) is 29.3 Å². The van der Waals surface area contributed by atoms with Gasteiger partial charge in [0, 0.05) is 23.2 Å². The van der Waals surface area contributed by atoms with Crippen LogP contribution in [0.2, 0.25) is 0 Å². The van der Waals surface area contributed by atoms with Crippen molar-refractivity contribution in [3.05, 3.63) is 95.9 Å². The molecule has 0 saturated carbocycles. The van der Waals surface area contributed by atoms with Gasteiger partial charge in [-0.3, -0.25) is 4.98 Å². The van der Waals surface area contributed by atoms with E-state index in [9.17, 15) is 5.26 Å². The van der Waals surface area contributed by atoms with Crippen LogP contribution in [0.25, 0.3) is 28.5 Å². The molecule has 0 amide bonds. The van der Waals surface area contributed by atoms with E-state index in [-0.39, 0.29) is 11.2 Å². The maximum Gasteiger partial charge on any atom is 0.245 e. The fraction of sp³-hybridized carbons (Fsp3) is 0.172. The Bertz CT molecular complexity index is 1640. The highest BCUT2D eigenvalue weighted by molar-refractivity contribution is 5.65. The molecule has 0 fully saturated rings. The highest BCUT2D eigenvalue weighted by Crippen LogP contribution is 2.33. The van der Waals surface area contributed by atoms with Gasteiger partial charge in [-0.25, -0.2) is 14.1 Å². The number of oxazole rings is 1. The molecule has 0 bridgehead atoms. The third-order valence-electron chi connectivity index (χ3n) is 5.64. The van der Waals surface area contributed by atoms with Crippen molar-refractivity contribution in [3.8, 4) is 46.1 Å². The molecule has 2 aromatic carbocycles. The molecule has 1 radical (unpaired) electrons. The van der Waals surface area contributed by atoms with Gasteiger partial charge >= 0.3 is 0 Å². The number of aromatic nitrogens is 4. The smallest absolute Gasteiger partial charge is 0.245 e. The first-order valence-electron chi connectivity index (χ1n) is 11.6. The zero-order chi connectivity index (χ0) is 26.2. The SMILES string of the molecule is Cc1coc(-c2cc(Oc3[c]c(F)c(-c4cc(C(C)(C)C)nn4-c4cccc(C#N)c4)cc3)ccn2)n1. The topological polar surface area (TPSA) is 89.8 Å². The Morgan fingerprint density at radius 3 is 2.65 bits per heavy atom. The number of hydrogen-bond acceptors (Lipinski definition) is 6. The molecule has 0 spiro atoms. The molecule has 0 saturated heterocycles. The number of ether oxygens (including phenoxy) is 1. The summed E-state index contributed by atoms with van der Waals surface area (Å²) >= 11 is 0. The third kappa shape index (κ3) is 4.98. The van der Waals surface area contributed by atoms with E-state index in [1.807, 2.05) is 39.8 Å². The molecule has 183 valence electrons. The average Bonchev–Trinajstić information content (AvgIpc) is 3.51. The van der Waals surface area contributed by atoms with E-state index in [0.717, 1.165) is 11.4 Å². The third-order valence-corrected chi connectivity index (χ3v) is 5.64. The predicted octanol–water partition coefficient (Wildman–Crippen LogP) is 6.80. The highest BCUT2D eigenvalue weighted by atomic mass is 19.1. The van der Waals surface area contributed by atoms with E-state index >= 15 is 4.39 Å². The molecule has 0 atom stereocenters. The Morgan fingerprint density at radius 1 is 1.11 bits per heavy atom. The van der Waals surface area contributed by atoms with Gasteiger partial charge in [-0.1, -0.05) is 26.8 Å². The molecular weight excluding hydrogens is 469 g/mol. The molecule has 5 aromatic rings. The van der Waals surface area contributed by atoms with E-state index < -0.39 is 5.82 Å². The molecule has 3 aromatic heterocycles. The first-order valence-corrected chi connectivity index (χ1v) is 11.6. The van der Waals surface area contributed by atoms with Crippen molar-refractivity contribution in [1.82, 2.24) is 19.7 Å². The predicted molar refractivity (Wildman–Crippen MR) is 136 cm³/mol. The second-order valence-corrected chi connectivity index (χ2v) is 9.56. The average molecular weight is 493 g/mol. The van der Waals surface area contributed by atoms with Crippen LogP contribution in [0.4, 0.5) is 4.39 Å². The van der Waals surface area contributed by atoms with Gasteiger partial charge in [0.2, 0.25) is 5.89 Å². The van der Waals surface area contributed by atoms with Crippen LogP contribution >= 0.6 is 0 Å². The van der Waals surface area contributed by atoms with Gasteiger partial charge < -0.3 is 9.15 Å². The fourth-order valence-electron chi connectivity index (χ4n) is 3.74. The van der Waals surface area contributed by atoms with Crippen molar-refractivity contribution in [2.24, 2.45) is 0 Å². The van der Waals surface area contributed by atoms with Gasteiger partial charge in [-0.2, -0.15) is 10.4 Å². The summed E-state index contributed by atoms with van der Waals surface area (Å²) in [6.45, 7) is 7.94. The molecule has 5 rings (SSSR count). The van der Waals surface area contributed by atoms with Gasteiger partial charge in [-0.05, 0) is 49.4 Å². The number of nitrogens with zero attached hydrogens (tertiary/aromatic N) is 5. The molecule has 37 heavy (non-hydrogen) atoms. The van der Waals surface area contributed by atoms with Crippen LogP contribution in [-0.2, 0) is 5.41 Å². The Morgan fingerprint density at radius 2 is 1.95 bits per heavy atom. The summed E-state index contributed by atoms with van der Waals surface area (Å²) in [6.07, 6.45) is 3.11. The number of pyridine rings is 1. The lowest BCUT2D eigenvalue weighted by Gasteiger charge is -2.14. The van der Waals surface area contributed by atoms with Gasteiger partial charge in [0.25, 0.3) is 0 Å². The Labute approximate surface area is 213 Å². The molecule has 3 heterocycles. The van der Waals surface area contributed by atoms with Crippen LogP contribution < -0.4 is 4.74 Å². The molecule has 0 aliphatic rings. The lowest BCUT2D eigenvalue weighted by molar-refractivity contribution is 0.474. The van der Waals surface area contributed by atoms with Gasteiger partial charge in [0.05, 0.1) is 40.5 Å². The van der Waals surface area contributed by atoms with Crippen molar-refractivity contribution in [3.63, 3.8) is 0 Å². The van der Waals surface area contributed by atoms with Crippen molar-refractivity contribution < 1.29 is 13.5 Å². The highest BCUT2D eigenvalue weighted by Gasteiger charge is 2.23. The maximum absolute atomic E-state index is 15.5. The van der Waals surface area contributed by atoms with E-state index in [1.165, 1.54) is 0 Å². The van der Waals surface area contributed by atoms with Crippen LogP contribution in [0.3, 0.4) is 0 Å². The van der Waals surface area contributed by atoms with Crippen LogP contribution in [0, 0.1) is 30.1 Å². The fourth-order valence-corrected chi connectivity index (χ4v) is 3.74. The number of nitriles is 1. The second-order valence-electron chi connectivity index (χ2n) is 9.56. The van der Waals surface area contributed by atoms with E-state index in [2.05, 4.69) is 22.1 Å². The summed E-state index contributed by atoms with van der Waals surface area (Å²) in [5.41, 5.74) is 3.77. The monoisotopic (exact) mass is 492 g/mol. The number of halogens is 1.